The number of rotatable bonds is 3. The molecule has 0 bridgehead atoms. The van der Waals surface area contributed by atoms with Crippen molar-refractivity contribution in [3.05, 3.63) is 29.3 Å². The molecule has 2 unspecified atom stereocenters. The van der Waals surface area contributed by atoms with Gasteiger partial charge in [0.2, 0.25) is 0 Å². The summed E-state index contributed by atoms with van der Waals surface area (Å²) in [4.78, 5) is 0. The molecule has 1 rings (SSSR count). The molecule has 0 spiro atoms. The Hall–Kier alpha value is -1.10. The molecular weight excluding hydrogens is 184 g/mol. The maximum absolute atomic E-state index is 9.49. The molecule has 0 amide bonds. The van der Waals surface area contributed by atoms with Crippen LogP contribution in [0.2, 0.25) is 0 Å². The van der Waals surface area contributed by atoms with Gasteiger partial charge in [0.25, 0.3) is 0 Å². The van der Waals surface area contributed by atoms with Crippen LogP contribution < -0.4 is 0 Å². The summed E-state index contributed by atoms with van der Waals surface area (Å²) in [5, 5.41) is 36.7. The van der Waals surface area contributed by atoms with Crippen molar-refractivity contribution in [2.24, 2.45) is 0 Å². The van der Waals surface area contributed by atoms with Gasteiger partial charge in [-0.05, 0) is 18.6 Å². The Kier molecular flexibility index (Phi) is 3.46. The fourth-order valence-corrected chi connectivity index (χ4v) is 1.21. The third-order valence-corrected chi connectivity index (χ3v) is 2.06. The third-order valence-electron chi connectivity index (χ3n) is 2.06. The molecule has 0 aliphatic heterocycles. The Morgan fingerprint density at radius 1 is 1.29 bits per heavy atom. The predicted octanol–water partition coefficient (Wildman–Crippen LogP) is 0.0872. The molecule has 1 aromatic rings. The van der Waals surface area contributed by atoms with Crippen LogP contribution in [0.5, 0.6) is 5.75 Å². The van der Waals surface area contributed by atoms with Crippen molar-refractivity contribution in [1.82, 2.24) is 0 Å². The minimum atomic E-state index is -1.27. The van der Waals surface area contributed by atoms with Gasteiger partial charge in [0, 0.05) is 5.56 Å². The zero-order valence-electron chi connectivity index (χ0n) is 7.88. The molecule has 78 valence electrons. The van der Waals surface area contributed by atoms with E-state index in [0.717, 1.165) is 5.56 Å². The van der Waals surface area contributed by atoms with Gasteiger partial charge in [-0.2, -0.15) is 0 Å². The van der Waals surface area contributed by atoms with E-state index in [2.05, 4.69) is 0 Å². The fourth-order valence-electron chi connectivity index (χ4n) is 1.21. The molecule has 14 heavy (non-hydrogen) atoms. The van der Waals surface area contributed by atoms with Crippen LogP contribution >= 0.6 is 0 Å². The van der Waals surface area contributed by atoms with Crippen LogP contribution in [-0.2, 0) is 0 Å². The number of benzene rings is 1. The van der Waals surface area contributed by atoms with Gasteiger partial charge in [-0.15, -0.1) is 0 Å². The molecule has 0 aliphatic carbocycles. The van der Waals surface area contributed by atoms with Gasteiger partial charge < -0.3 is 20.4 Å². The molecule has 0 aliphatic rings. The van der Waals surface area contributed by atoms with Crippen LogP contribution in [0, 0.1) is 6.92 Å². The van der Waals surface area contributed by atoms with E-state index in [-0.39, 0.29) is 11.3 Å². The standard InChI is InChI=1S/C10H14O4/c1-6-2-3-7(8(12)4-6)10(14)9(13)5-11/h2-4,9-14H,5H2,1H3. The van der Waals surface area contributed by atoms with Crippen molar-refractivity contribution >= 4 is 0 Å². The second-order valence-electron chi connectivity index (χ2n) is 3.26. The van der Waals surface area contributed by atoms with Gasteiger partial charge in [-0.1, -0.05) is 12.1 Å². The highest BCUT2D eigenvalue weighted by Crippen LogP contribution is 2.27. The van der Waals surface area contributed by atoms with E-state index in [0.29, 0.717) is 0 Å². The van der Waals surface area contributed by atoms with Gasteiger partial charge in [0.15, 0.2) is 0 Å². The number of hydrogen-bond acceptors (Lipinski definition) is 4. The first kappa shape index (κ1) is 11.0. The van der Waals surface area contributed by atoms with Gasteiger partial charge >= 0.3 is 0 Å². The minimum absolute atomic E-state index is 0.0787. The fraction of sp³-hybridized carbons (Fsp3) is 0.400. The third kappa shape index (κ3) is 2.23. The van der Waals surface area contributed by atoms with Gasteiger partial charge in [0.05, 0.1) is 6.61 Å². The molecular formula is C10H14O4. The van der Waals surface area contributed by atoms with Gasteiger partial charge in [0.1, 0.15) is 18.0 Å². The monoisotopic (exact) mass is 198 g/mol. The van der Waals surface area contributed by atoms with Crippen molar-refractivity contribution < 1.29 is 20.4 Å². The number of aliphatic hydroxyl groups is 3. The summed E-state index contributed by atoms with van der Waals surface area (Å²) < 4.78 is 0. The normalized spacial score (nSPS) is 15.1. The second kappa shape index (κ2) is 4.41. The summed E-state index contributed by atoms with van der Waals surface area (Å²) in [6, 6.07) is 4.72. The Morgan fingerprint density at radius 2 is 1.93 bits per heavy atom. The lowest BCUT2D eigenvalue weighted by molar-refractivity contribution is -0.0162. The van der Waals surface area contributed by atoms with Crippen LogP contribution in [0.15, 0.2) is 18.2 Å². The highest BCUT2D eigenvalue weighted by Gasteiger charge is 2.20. The molecule has 0 fully saturated rings. The lowest BCUT2D eigenvalue weighted by atomic mass is 10.0. The second-order valence-corrected chi connectivity index (χ2v) is 3.26. The first-order chi connectivity index (χ1) is 6.56. The summed E-state index contributed by atoms with van der Waals surface area (Å²) in [6.07, 6.45) is -2.54. The minimum Gasteiger partial charge on any atom is -0.508 e. The molecule has 1 aromatic carbocycles. The predicted molar refractivity (Wildman–Crippen MR) is 50.9 cm³/mol. The quantitative estimate of drug-likeness (QED) is 0.554. The van der Waals surface area contributed by atoms with Crippen LogP contribution in [-0.4, -0.2) is 33.1 Å². The van der Waals surface area contributed by atoms with E-state index in [9.17, 15) is 10.2 Å². The van der Waals surface area contributed by atoms with Crippen LogP contribution in [0.3, 0.4) is 0 Å². The van der Waals surface area contributed by atoms with Crippen molar-refractivity contribution in [1.29, 1.82) is 0 Å². The zero-order valence-corrected chi connectivity index (χ0v) is 7.88. The van der Waals surface area contributed by atoms with Crippen molar-refractivity contribution in [3.8, 4) is 5.75 Å². The van der Waals surface area contributed by atoms with E-state index in [1.54, 1.807) is 13.0 Å². The number of hydrogen-bond donors (Lipinski definition) is 4. The number of aliphatic hydroxyl groups excluding tert-OH is 3. The molecule has 4 nitrogen and oxygen atoms in total. The SMILES string of the molecule is Cc1ccc(C(O)C(O)CO)c(O)c1. The van der Waals surface area contributed by atoms with Crippen LogP contribution in [0.1, 0.15) is 17.2 Å². The first-order valence-electron chi connectivity index (χ1n) is 4.32. The molecule has 0 saturated heterocycles. The van der Waals surface area contributed by atoms with E-state index in [4.69, 9.17) is 10.2 Å². The number of aromatic hydroxyl groups is 1. The maximum Gasteiger partial charge on any atom is 0.121 e. The summed E-state index contributed by atoms with van der Waals surface area (Å²) >= 11 is 0. The van der Waals surface area contributed by atoms with Crippen molar-refractivity contribution in [2.75, 3.05) is 6.61 Å². The molecule has 0 aromatic heterocycles. The van der Waals surface area contributed by atoms with E-state index < -0.39 is 18.8 Å². The highest BCUT2D eigenvalue weighted by molar-refractivity contribution is 5.37. The van der Waals surface area contributed by atoms with E-state index in [1.807, 2.05) is 0 Å². The van der Waals surface area contributed by atoms with E-state index >= 15 is 0 Å². The topological polar surface area (TPSA) is 80.9 Å². The summed E-state index contributed by atoms with van der Waals surface area (Å²) in [6.45, 7) is 1.26. The molecule has 0 heterocycles. The van der Waals surface area contributed by atoms with Crippen molar-refractivity contribution in [3.63, 3.8) is 0 Å². The molecule has 0 saturated carbocycles. The lowest BCUT2D eigenvalue weighted by Crippen LogP contribution is -2.22. The summed E-state index contributed by atoms with van der Waals surface area (Å²) in [5.74, 6) is -0.0787. The average Bonchev–Trinajstić information content (AvgIpc) is 2.15. The van der Waals surface area contributed by atoms with Crippen molar-refractivity contribution in [2.45, 2.75) is 19.1 Å². The number of phenolic OH excluding ortho intramolecular Hbond substituents is 1. The number of aryl methyl sites for hydroxylation is 1. The highest BCUT2D eigenvalue weighted by atomic mass is 16.4. The smallest absolute Gasteiger partial charge is 0.121 e. The Morgan fingerprint density at radius 3 is 2.43 bits per heavy atom. The zero-order chi connectivity index (χ0) is 10.7. The van der Waals surface area contributed by atoms with Crippen LogP contribution in [0.25, 0.3) is 0 Å². The molecule has 4 N–H and O–H groups in total. The Labute approximate surface area is 82.1 Å². The van der Waals surface area contributed by atoms with Gasteiger partial charge in [-0.25, -0.2) is 0 Å². The molecule has 2 atom stereocenters. The molecule has 4 heteroatoms. The summed E-state index contributed by atoms with van der Waals surface area (Å²) in [7, 11) is 0. The molecule has 0 radical (unpaired) electrons. The lowest BCUT2D eigenvalue weighted by Gasteiger charge is -2.17. The number of phenols is 1. The largest absolute Gasteiger partial charge is 0.508 e. The first-order valence-corrected chi connectivity index (χ1v) is 4.32. The maximum atomic E-state index is 9.49. The van der Waals surface area contributed by atoms with E-state index in [1.165, 1.54) is 12.1 Å². The Balaban J connectivity index is 2.95. The summed E-state index contributed by atoms with van der Waals surface area (Å²) in [5.41, 5.74) is 1.08. The Bertz CT molecular complexity index is 311. The van der Waals surface area contributed by atoms with Gasteiger partial charge in [-0.3, -0.25) is 0 Å². The average molecular weight is 198 g/mol. The van der Waals surface area contributed by atoms with Crippen LogP contribution in [0.4, 0.5) is 0 Å².